The van der Waals surface area contributed by atoms with Crippen LogP contribution in [0.2, 0.25) is 0 Å². The van der Waals surface area contributed by atoms with Gasteiger partial charge in [0.1, 0.15) is 0 Å². The smallest absolute Gasteiger partial charge is 0.341 e. The van der Waals surface area contributed by atoms with Crippen molar-refractivity contribution in [2.45, 2.75) is 0 Å². The van der Waals surface area contributed by atoms with Crippen molar-refractivity contribution in [2.75, 3.05) is 6.79 Å². The van der Waals surface area contributed by atoms with Crippen molar-refractivity contribution in [2.24, 2.45) is 0 Å². The Hall–Kier alpha value is -3.64. The second-order valence-corrected chi connectivity index (χ2v) is 4.33. The Morgan fingerprint density at radius 3 is 1.87 bits per heavy atom. The molecule has 0 aliphatic rings. The highest BCUT2D eigenvalue weighted by atomic mass is 16.7. The highest BCUT2D eigenvalue weighted by molar-refractivity contribution is 5.91. The topological polar surface area (TPSA) is 80.8 Å². The van der Waals surface area contributed by atoms with Crippen LogP contribution >= 0.6 is 0 Å². The number of carbonyl (C=O) groups is 2. The number of hydrogen-bond donors (Lipinski definition) is 0. The number of carbonyl (C=O) groups excluding carboxylic acids is 2. The van der Waals surface area contributed by atoms with Crippen LogP contribution in [-0.2, 0) is 9.47 Å². The van der Waals surface area contributed by atoms with Crippen LogP contribution in [0.4, 0.5) is 5.69 Å². The quantitative estimate of drug-likeness (QED) is 0.492. The van der Waals surface area contributed by atoms with Gasteiger partial charge in [0.2, 0.25) is 6.79 Å². The molecule has 0 unspecified atom stereocenters. The molecule has 2 aromatic carbocycles. The zero-order valence-corrected chi connectivity index (χ0v) is 11.9. The summed E-state index contributed by atoms with van der Waals surface area (Å²) >= 11 is 0. The van der Waals surface area contributed by atoms with Gasteiger partial charge in [0.15, 0.2) is 5.69 Å². The lowest BCUT2D eigenvalue weighted by Gasteiger charge is -2.06. The molecule has 6 nitrogen and oxygen atoms in total. The van der Waals surface area contributed by atoms with Gasteiger partial charge in [-0.25, -0.2) is 14.4 Å². The van der Waals surface area contributed by atoms with Crippen LogP contribution in [0.25, 0.3) is 4.85 Å². The van der Waals surface area contributed by atoms with Crippen LogP contribution in [0, 0.1) is 17.9 Å². The van der Waals surface area contributed by atoms with Gasteiger partial charge in [0, 0.05) is 0 Å². The molecule has 0 saturated heterocycles. The van der Waals surface area contributed by atoms with E-state index in [2.05, 4.69) is 4.85 Å². The molecule has 0 fully saturated rings. The van der Waals surface area contributed by atoms with Gasteiger partial charge in [0.25, 0.3) is 0 Å². The molecule has 23 heavy (non-hydrogen) atoms. The van der Waals surface area contributed by atoms with Crippen LogP contribution in [0.1, 0.15) is 26.3 Å². The van der Waals surface area contributed by atoms with Gasteiger partial charge in [-0.15, -0.1) is 0 Å². The van der Waals surface area contributed by atoms with Crippen LogP contribution < -0.4 is 0 Å². The third-order valence-corrected chi connectivity index (χ3v) is 2.86. The molecule has 2 rings (SSSR count). The van der Waals surface area contributed by atoms with Gasteiger partial charge in [-0.3, -0.25) is 0 Å². The van der Waals surface area contributed by atoms with E-state index in [-0.39, 0.29) is 11.1 Å². The fourth-order valence-corrected chi connectivity index (χ4v) is 1.66. The molecule has 0 N–H and O–H groups in total. The summed E-state index contributed by atoms with van der Waals surface area (Å²) in [5, 5.41) is 8.67. The maximum absolute atomic E-state index is 11.7. The summed E-state index contributed by atoms with van der Waals surface area (Å²) in [6.07, 6.45) is 0. The largest absolute Gasteiger partial charge is 0.424 e. The van der Waals surface area contributed by atoms with Crippen molar-refractivity contribution in [1.82, 2.24) is 0 Å². The number of nitriles is 1. The average molecular weight is 306 g/mol. The first-order valence-electron chi connectivity index (χ1n) is 6.46. The average Bonchev–Trinajstić information content (AvgIpc) is 2.61. The Kier molecular flexibility index (Phi) is 5.06. The Morgan fingerprint density at radius 2 is 1.43 bits per heavy atom. The first kappa shape index (κ1) is 15.7. The Bertz CT molecular complexity index is 727. The Morgan fingerprint density at radius 1 is 0.957 bits per heavy atom. The summed E-state index contributed by atoms with van der Waals surface area (Å²) in [6, 6.07) is 13.7. The highest BCUT2D eigenvalue weighted by Gasteiger charge is 2.10. The zero-order chi connectivity index (χ0) is 16.7. The first-order valence-corrected chi connectivity index (χ1v) is 6.46. The number of esters is 2. The lowest BCUT2D eigenvalue weighted by molar-refractivity contribution is -0.0167. The van der Waals surface area contributed by atoms with Gasteiger partial charge >= 0.3 is 11.9 Å². The molecule has 0 bridgehead atoms. The Balaban J connectivity index is 1.86. The number of ether oxygens (including phenoxy) is 2. The van der Waals surface area contributed by atoms with Crippen LogP contribution in [0.5, 0.6) is 0 Å². The maximum Gasteiger partial charge on any atom is 0.341 e. The number of hydrogen-bond acceptors (Lipinski definition) is 5. The minimum absolute atomic E-state index is 0.251. The van der Waals surface area contributed by atoms with Crippen molar-refractivity contribution >= 4 is 17.6 Å². The first-order chi connectivity index (χ1) is 11.1. The van der Waals surface area contributed by atoms with Crippen molar-refractivity contribution in [3.63, 3.8) is 0 Å². The SMILES string of the molecule is [C-]#[N+]c1ccc(C(=O)OCOC(=O)c2ccc(C#N)cc2)cc1. The van der Waals surface area contributed by atoms with E-state index in [1.807, 2.05) is 6.07 Å². The van der Waals surface area contributed by atoms with Gasteiger partial charge in [-0.05, 0) is 24.3 Å². The molecule has 0 aromatic heterocycles. The second kappa shape index (κ2) is 7.39. The fraction of sp³-hybridized carbons (Fsp3) is 0.0588. The molecule has 0 amide bonds. The van der Waals surface area contributed by atoms with E-state index in [9.17, 15) is 9.59 Å². The molecule has 6 heteroatoms. The summed E-state index contributed by atoms with van der Waals surface area (Å²) in [7, 11) is 0. The summed E-state index contributed by atoms with van der Waals surface area (Å²) < 4.78 is 9.65. The second-order valence-electron chi connectivity index (χ2n) is 4.33. The third kappa shape index (κ3) is 4.16. The van der Waals surface area contributed by atoms with Crippen LogP contribution in [0.15, 0.2) is 48.5 Å². The maximum atomic E-state index is 11.7. The minimum atomic E-state index is -0.661. The van der Waals surface area contributed by atoms with E-state index in [0.29, 0.717) is 11.3 Å². The molecule has 0 heterocycles. The van der Waals surface area contributed by atoms with Crippen molar-refractivity contribution in [1.29, 1.82) is 5.26 Å². The molecule has 2 aromatic rings. The predicted molar refractivity (Wildman–Crippen MR) is 79.6 cm³/mol. The number of benzene rings is 2. The van der Waals surface area contributed by atoms with E-state index in [4.69, 9.17) is 21.3 Å². The lowest BCUT2D eigenvalue weighted by atomic mass is 10.1. The monoisotopic (exact) mass is 306 g/mol. The van der Waals surface area contributed by atoms with E-state index in [1.165, 1.54) is 48.5 Å². The molecule has 0 spiro atoms. The van der Waals surface area contributed by atoms with E-state index in [1.54, 1.807) is 0 Å². The molecule has 0 aliphatic carbocycles. The van der Waals surface area contributed by atoms with Crippen LogP contribution in [-0.4, -0.2) is 18.7 Å². The number of nitrogens with zero attached hydrogens (tertiary/aromatic N) is 2. The Labute approximate surface area is 132 Å². The van der Waals surface area contributed by atoms with Crippen molar-refractivity contribution < 1.29 is 19.1 Å². The fourth-order valence-electron chi connectivity index (χ4n) is 1.66. The van der Waals surface area contributed by atoms with E-state index >= 15 is 0 Å². The molecule has 112 valence electrons. The summed E-state index contributed by atoms with van der Waals surface area (Å²) in [6.45, 7) is 6.29. The molecule has 0 atom stereocenters. The van der Waals surface area contributed by atoms with Crippen molar-refractivity contribution in [3.8, 4) is 6.07 Å². The van der Waals surface area contributed by atoms with Gasteiger partial charge < -0.3 is 9.47 Å². The molecule has 0 radical (unpaired) electrons. The van der Waals surface area contributed by atoms with Gasteiger partial charge in [-0.1, -0.05) is 24.3 Å². The minimum Gasteiger partial charge on any atom is -0.424 e. The molecular formula is C17H10N2O4. The van der Waals surface area contributed by atoms with Crippen LogP contribution in [0.3, 0.4) is 0 Å². The lowest BCUT2D eigenvalue weighted by Crippen LogP contribution is -2.13. The normalized spacial score (nSPS) is 9.30. The summed E-state index contributed by atoms with van der Waals surface area (Å²) in [4.78, 5) is 26.6. The summed E-state index contributed by atoms with van der Waals surface area (Å²) in [5.41, 5.74) is 1.35. The predicted octanol–water partition coefficient (Wildman–Crippen LogP) is 3.08. The zero-order valence-electron chi connectivity index (χ0n) is 11.9. The number of rotatable bonds is 4. The molecule has 0 saturated carbocycles. The standard InChI is InChI=1S/C17H10N2O4/c1-19-15-8-6-14(7-9-15)17(21)23-11-22-16(20)13-4-2-12(10-18)3-5-13/h2-9H,11H2. The van der Waals surface area contributed by atoms with E-state index in [0.717, 1.165) is 0 Å². The van der Waals surface area contributed by atoms with Gasteiger partial charge in [-0.2, -0.15) is 5.26 Å². The van der Waals surface area contributed by atoms with Crippen molar-refractivity contribution in [3.05, 3.63) is 76.6 Å². The third-order valence-electron chi connectivity index (χ3n) is 2.86. The van der Waals surface area contributed by atoms with Gasteiger partial charge in [0.05, 0.1) is 29.3 Å². The summed E-state index contributed by atoms with van der Waals surface area (Å²) in [5.74, 6) is -1.32. The molecular weight excluding hydrogens is 296 g/mol. The van der Waals surface area contributed by atoms with E-state index < -0.39 is 18.7 Å². The highest BCUT2D eigenvalue weighted by Crippen LogP contribution is 2.13. The molecule has 0 aliphatic heterocycles.